The largest absolute Gasteiger partial charge is 0.490 e. The number of nitrogens with one attached hydrogen (secondary N) is 1. The molecular formula is C21H24ClNO5. The van der Waals surface area contributed by atoms with Gasteiger partial charge in [-0.15, -0.1) is 0 Å². The molecular weight excluding hydrogens is 382 g/mol. The Morgan fingerprint density at radius 3 is 2.32 bits per heavy atom. The van der Waals surface area contributed by atoms with Crippen molar-refractivity contribution in [2.75, 3.05) is 25.1 Å². The van der Waals surface area contributed by atoms with E-state index in [1.165, 1.54) is 6.07 Å². The first-order valence-electron chi connectivity index (χ1n) is 8.99. The molecule has 1 amide bonds. The van der Waals surface area contributed by atoms with Gasteiger partial charge in [-0.3, -0.25) is 4.79 Å². The van der Waals surface area contributed by atoms with Crippen molar-refractivity contribution in [3.63, 3.8) is 0 Å². The SMILES string of the molecule is CCOc1ccc(C(=O)OCC(=O)Nc2c(C)cc(C)cc2Cl)cc1OCC. The van der Waals surface area contributed by atoms with Crippen LogP contribution in [0.1, 0.15) is 35.3 Å². The summed E-state index contributed by atoms with van der Waals surface area (Å²) in [5, 5.41) is 3.11. The number of amides is 1. The topological polar surface area (TPSA) is 73.9 Å². The summed E-state index contributed by atoms with van der Waals surface area (Å²) in [7, 11) is 0. The fraction of sp³-hybridized carbons (Fsp3) is 0.333. The van der Waals surface area contributed by atoms with E-state index in [9.17, 15) is 9.59 Å². The molecule has 2 aromatic carbocycles. The lowest BCUT2D eigenvalue weighted by Crippen LogP contribution is -2.21. The van der Waals surface area contributed by atoms with E-state index in [0.29, 0.717) is 35.4 Å². The molecule has 0 bridgehead atoms. The zero-order valence-electron chi connectivity index (χ0n) is 16.4. The minimum absolute atomic E-state index is 0.268. The van der Waals surface area contributed by atoms with Gasteiger partial charge in [0.2, 0.25) is 0 Å². The maximum Gasteiger partial charge on any atom is 0.338 e. The van der Waals surface area contributed by atoms with Gasteiger partial charge in [-0.25, -0.2) is 4.79 Å². The lowest BCUT2D eigenvalue weighted by molar-refractivity contribution is -0.119. The van der Waals surface area contributed by atoms with Crippen LogP contribution in [0.25, 0.3) is 0 Å². The molecule has 0 aliphatic carbocycles. The van der Waals surface area contributed by atoms with Crippen LogP contribution in [-0.2, 0) is 9.53 Å². The molecule has 0 aliphatic heterocycles. The third-order valence-corrected chi connectivity index (χ3v) is 4.11. The number of hydrogen-bond donors (Lipinski definition) is 1. The second-order valence-electron chi connectivity index (χ2n) is 6.09. The molecule has 0 atom stereocenters. The van der Waals surface area contributed by atoms with Gasteiger partial charge in [-0.05, 0) is 63.1 Å². The summed E-state index contributed by atoms with van der Waals surface area (Å²) in [4.78, 5) is 24.4. The molecule has 0 aromatic heterocycles. The molecule has 0 saturated heterocycles. The second kappa shape index (κ2) is 9.99. The van der Waals surface area contributed by atoms with E-state index in [4.69, 9.17) is 25.8 Å². The molecule has 2 rings (SSSR count). The number of anilines is 1. The Balaban J connectivity index is 2.01. The molecule has 7 heteroatoms. The van der Waals surface area contributed by atoms with Gasteiger partial charge < -0.3 is 19.5 Å². The summed E-state index contributed by atoms with van der Waals surface area (Å²) in [6.45, 7) is 7.93. The molecule has 0 radical (unpaired) electrons. The Bertz CT molecular complexity index is 843. The van der Waals surface area contributed by atoms with Crippen molar-refractivity contribution in [2.24, 2.45) is 0 Å². The van der Waals surface area contributed by atoms with Crippen LogP contribution in [0.3, 0.4) is 0 Å². The van der Waals surface area contributed by atoms with E-state index in [1.807, 2.05) is 33.8 Å². The summed E-state index contributed by atoms with van der Waals surface area (Å²) in [5.41, 5.74) is 2.60. The van der Waals surface area contributed by atoms with Crippen LogP contribution in [0.5, 0.6) is 11.5 Å². The van der Waals surface area contributed by atoms with E-state index in [0.717, 1.165) is 11.1 Å². The van der Waals surface area contributed by atoms with Gasteiger partial charge in [0, 0.05) is 0 Å². The first kappa shape index (κ1) is 21.6. The van der Waals surface area contributed by atoms with Crippen LogP contribution in [0.2, 0.25) is 5.02 Å². The zero-order chi connectivity index (χ0) is 20.7. The molecule has 0 aliphatic rings. The van der Waals surface area contributed by atoms with Gasteiger partial charge in [0.05, 0.1) is 29.5 Å². The van der Waals surface area contributed by atoms with E-state index in [2.05, 4.69) is 5.32 Å². The number of hydrogen-bond acceptors (Lipinski definition) is 5. The number of halogens is 1. The molecule has 0 saturated carbocycles. The van der Waals surface area contributed by atoms with E-state index in [-0.39, 0.29) is 5.56 Å². The van der Waals surface area contributed by atoms with E-state index < -0.39 is 18.5 Å². The van der Waals surface area contributed by atoms with Gasteiger partial charge in [0.25, 0.3) is 5.91 Å². The summed E-state index contributed by atoms with van der Waals surface area (Å²) in [5.74, 6) is -0.113. The predicted octanol–water partition coefficient (Wildman–Crippen LogP) is 4.55. The van der Waals surface area contributed by atoms with Crippen molar-refractivity contribution in [2.45, 2.75) is 27.7 Å². The number of ether oxygens (including phenoxy) is 3. The third-order valence-electron chi connectivity index (χ3n) is 3.81. The molecule has 0 unspecified atom stereocenters. The van der Waals surface area contributed by atoms with Crippen LogP contribution < -0.4 is 14.8 Å². The lowest BCUT2D eigenvalue weighted by atomic mass is 10.1. The van der Waals surface area contributed by atoms with Crippen LogP contribution in [-0.4, -0.2) is 31.7 Å². The average Bonchev–Trinajstić information content (AvgIpc) is 2.64. The van der Waals surface area contributed by atoms with Crippen LogP contribution >= 0.6 is 11.6 Å². The van der Waals surface area contributed by atoms with Gasteiger partial charge in [0.15, 0.2) is 18.1 Å². The number of esters is 1. The van der Waals surface area contributed by atoms with Gasteiger partial charge in [0.1, 0.15) is 0 Å². The van der Waals surface area contributed by atoms with Crippen molar-refractivity contribution >= 4 is 29.2 Å². The average molecular weight is 406 g/mol. The summed E-state index contributed by atoms with van der Waals surface area (Å²) in [6, 6.07) is 8.40. The monoisotopic (exact) mass is 405 g/mol. The highest BCUT2D eigenvalue weighted by Crippen LogP contribution is 2.29. The third kappa shape index (κ3) is 5.63. The van der Waals surface area contributed by atoms with E-state index >= 15 is 0 Å². The number of aryl methyl sites for hydroxylation is 2. The quantitative estimate of drug-likeness (QED) is 0.652. The highest BCUT2D eigenvalue weighted by molar-refractivity contribution is 6.34. The molecule has 0 spiro atoms. The normalized spacial score (nSPS) is 10.3. The smallest absolute Gasteiger partial charge is 0.338 e. The second-order valence-corrected chi connectivity index (χ2v) is 6.50. The zero-order valence-corrected chi connectivity index (χ0v) is 17.2. The Hall–Kier alpha value is -2.73. The van der Waals surface area contributed by atoms with Crippen molar-refractivity contribution in [1.29, 1.82) is 0 Å². The fourth-order valence-corrected chi connectivity index (χ4v) is 3.01. The lowest BCUT2D eigenvalue weighted by Gasteiger charge is -2.13. The van der Waals surface area contributed by atoms with Crippen molar-refractivity contribution in [3.8, 4) is 11.5 Å². The fourth-order valence-electron chi connectivity index (χ4n) is 2.64. The van der Waals surface area contributed by atoms with Gasteiger partial charge in [-0.1, -0.05) is 17.7 Å². The predicted molar refractivity (Wildman–Crippen MR) is 109 cm³/mol. The Morgan fingerprint density at radius 2 is 1.68 bits per heavy atom. The maximum atomic E-state index is 12.3. The molecule has 6 nitrogen and oxygen atoms in total. The molecule has 0 fully saturated rings. The minimum Gasteiger partial charge on any atom is -0.490 e. The molecule has 0 heterocycles. The standard InChI is InChI=1S/C21H24ClNO5/c1-5-26-17-8-7-15(11-18(17)27-6-2)21(25)28-12-19(24)23-20-14(4)9-13(3)10-16(20)22/h7-11H,5-6,12H2,1-4H3,(H,23,24). The van der Waals surface area contributed by atoms with Crippen molar-refractivity contribution in [1.82, 2.24) is 0 Å². The van der Waals surface area contributed by atoms with Gasteiger partial charge in [-0.2, -0.15) is 0 Å². The Kier molecular flexibility index (Phi) is 7.70. The minimum atomic E-state index is -0.633. The van der Waals surface area contributed by atoms with Gasteiger partial charge >= 0.3 is 5.97 Å². The molecule has 2 aromatic rings. The van der Waals surface area contributed by atoms with Crippen LogP contribution in [0, 0.1) is 13.8 Å². The number of benzene rings is 2. The number of rotatable bonds is 8. The number of carbonyl (C=O) groups excluding carboxylic acids is 2. The Labute approximate surface area is 169 Å². The van der Waals surface area contributed by atoms with Crippen molar-refractivity contribution in [3.05, 3.63) is 52.0 Å². The first-order valence-corrected chi connectivity index (χ1v) is 9.36. The molecule has 28 heavy (non-hydrogen) atoms. The summed E-state index contributed by atoms with van der Waals surface area (Å²) >= 11 is 6.18. The van der Waals surface area contributed by atoms with Crippen LogP contribution in [0.15, 0.2) is 30.3 Å². The summed E-state index contributed by atoms with van der Waals surface area (Å²) < 4.78 is 16.1. The first-order chi connectivity index (χ1) is 13.3. The van der Waals surface area contributed by atoms with Crippen molar-refractivity contribution < 1.29 is 23.8 Å². The highest BCUT2D eigenvalue weighted by atomic mass is 35.5. The Morgan fingerprint density at radius 1 is 1.00 bits per heavy atom. The molecule has 1 N–H and O–H groups in total. The summed E-state index contributed by atoms with van der Waals surface area (Å²) in [6.07, 6.45) is 0. The van der Waals surface area contributed by atoms with E-state index in [1.54, 1.807) is 18.2 Å². The van der Waals surface area contributed by atoms with Crippen LogP contribution in [0.4, 0.5) is 5.69 Å². The highest BCUT2D eigenvalue weighted by Gasteiger charge is 2.15. The molecule has 150 valence electrons. The maximum absolute atomic E-state index is 12.3. The number of carbonyl (C=O) groups is 2.